The summed E-state index contributed by atoms with van der Waals surface area (Å²) in [5, 5.41) is 21.0. The van der Waals surface area contributed by atoms with Gasteiger partial charge in [0, 0.05) is 99.7 Å². The fraction of sp³-hybridized carbons (Fsp3) is 0. The highest BCUT2D eigenvalue weighted by Crippen LogP contribution is 2.48. The standard InChI is InChI=1S/2C44H29NO.C38H25NO/c1-3-9-30(10-4-1)31-15-17-32(18-16-31)33-21-24-37(25-22-33)45(36-11-5-2-6-12-36)38-26-28-39-35(29-38)20-19-34-23-27-41-40-13-7-8-14-42(40)46-44(41)43(34)39;1-3-9-30(10-4-1)32-17-22-36(23-18-32)45(37-24-19-33(20-25-37)31-11-5-2-6-12-31)38-26-28-39-35(29-38)16-15-34-21-27-41-40-13-7-8-14-42(40)46-44(41)43(34)39;1-3-9-26(10-4-1)27-17-20-31(21-18-27)39(30-11-5-2-6-12-30)32-22-24-33-29(25-32)16-15-28-19-23-35-34-13-7-8-14-36(34)40-38(35)37(28)33/h2*1-29H;1-25H. The van der Waals surface area contributed by atoms with Crippen molar-refractivity contribution in [1.82, 2.24) is 0 Å². The van der Waals surface area contributed by atoms with Crippen LogP contribution in [0.3, 0.4) is 0 Å². The van der Waals surface area contributed by atoms with Crippen molar-refractivity contribution < 1.29 is 13.3 Å². The van der Waals surface area contributed by atoms with Gasteiger partial charge >= 0.3 is 0 Å². The molecule has 0 aliphatic carbocycles. The first-order valence-electron chi connectivity index (χ1n) is 45.0. The average molecular weight is 1690 g/mol. The molecule has 620 valence electrons. The third-order valence-electron chi connectivity index (χ3n) is 25.9. The Labute approximate surface area is 763 Å². The number of para-hydroxylation sites is 5. The predicted octanol–water partition coefficient (Wildman–Crippen LogP) is 36.4. The molecule has 0 N–H and O–H groups in total. The number of rotatable bonds is 14. The van der Waals surface area contributed by atoms with E-state index >= 15 is 0 Å². The summed E-state index contributed by atoms with van der Waals surface area (Å²) >= 11 is 0. The maximum absolute atomic E-state index is 6.48. The van der Waals surface area contributed by atoms with E-state index in [0.717, 1.165) is 133 Å². The normalized spacial score (nSPS) is 11.5. The van der Waals surface area contributed by atoms with Gasteiger partial charge in [-0.25, -0.2) is 0 Å². The van der Waals surface area contributed by atoms with Gasteiger partial charge in [0.05, 0.1) is 0 Å². The quantitative estimate of drug-likeness (QED) is 0.101. The zero-order valence-corrected chi connectivity index (χ0v) is 72.0. The molecule has 0 aliphatic rings. The first kappa shape index (κ1) is 77.9. The Morgan fingerprint density at radius 1 is 0.121 bits per heavy atom. The Morgan fingerprint density at radius 3 is 0.561 bits per heavy atom. The molecule has 132 heavy (non-hydrogen) atoms. The summed E-state index contributed by atoms with van der Waals surface area (Å²) in [5.74, 6) is 0. The van der Waals surface area contributed by atoms with E-state index < -0.39 is 0 Å². The zero-order chi connectivity index (χ0) is 87.4. The summed E-state index contributed by atoms with van der Waals surface area (Å²) in [7, 11) is 0. The van der Waals surface area contributed by atoms with Gasteiger partial charge in [-0.2, -0.15) is 0 Å². The maximum atomic E-state index is 6.48. The highest BCUT2D eigenvalue weighted by molar-refractivity contribution is 6.26. The van der Waals surface area contributed by atoms with E-state index in [-0.39, 0.29) is 0 Å². The molecule has 26 rings (SSSR count). The second kappa shape index (κ2) is 33.6. The van der Waals surface area contributed by atoms with Crippen molar-refractivity contribution in [1.29, 1.82) is 0 Å². The van der Waals surface area contributed by atoms with E-state index in [2.05, 4.69) is 488 Å². The molecule has 3 aromatic heterocycles. The second-order valence-electron chi connectivity index (χ2n) is 33.7. The first-order chi connectivity index (χ1) is 65.4. The van der Waals surface area contributed by atoms with Crippen LogP contribution in [-0.4, -0.2) is 0 Å². The van der Waals surface area contributed by atoms with E-state index in [9.17, 15) is 0 Å². The summed E-state index contributed by atoms with van der Waals surface area (Å²) in [4.78, 5) is 6.99. The molecule has 0 spiro atoms. The van der Waals surface area contributed by atoms with Gasteiger partial charge in [0.2, 0.25) is 0 Å². The van der Waals surface area contributed by atoms with Crippen molar-refractivity contribution >= 4 is 182 Å². The average Bonchev–Trinajstić information content (AvgIpc) is 1.53. The minimum Gasteiger partial charge on any atom is -0.455 e. The molecule has 6 heteroatoms. The Bertz CT molecular complexity index is 8690. The van der Waals surface area contributed by atoms with Crippen molar-refractivity contribution in [2.75, 3.05) is 14.7 Å². The maximum Gasteiger partial charge on any atom is 0.143 e. The van der Waals surface area contributed by atoms with Gasteiger partial charge in [-0.15, -0.1) is 0 Å². The smallest absolute Gasteiger partial charge is 0.143 e. The van der Waals surface area contributed by atoms with Crippen LogP contribution >= 0.6 is 0 Å². The van der Waals surface area contributed by atoms with Crippen LogP contribution in [0.4, 0.5) is 51.2 Å². The largest absolute Gasteiger partial charge is 0.455 e. The molecule has 0 saturated heterocycles. The van der Waals surface area contributed by atoms with Crippen LogP contribution < -0.4 is 14.7 Å². The van der Waals surface area contributed by atoms with Crippen molar-refractivity contribution in [3.63, 3.8) is 0 Å². The summed E-state index contributed by atoms with van der Waals surface area (Å²) in [6, 6.07) is 179. The Balaban J connectivity index is 0.000000110. The Hall–Kier alpha value is -17.6. The SMILES string of the molecule is c1ccc(-c2ccc(-c3ccc(N(c4ccccc4)c4ccc5c(ccc6ccc7c8ccccc8oc7c65)c4)cc3)cc2)cc1.c1ccc(-c2ccc(N(c3ccc(-c4ccccc4)cc3)c3ccc4c(ccc5ccc6c7ccccc7oc6c54)c3)cc2)cc1.c1ccc(-c2ccc(N(c3ccccc3)c3ccc4c(ccc5ccc6c7ccccc7oc6c54)c3)cc2)cc1. The molecular formula is C126H83N3O3. The number of benzene rings is 23. The second-order valence-corrected chi connectivity index (χ2v) is 33.7. The van der Waals surface area contributed by atoms with Crippen LogP contribution in [0.1, 0.15) is 0 Å². The fourth-order valence-corrected chi connectivity index (χ4v) is 19.5. The third-order valence-corrected chi connectivity index (χ3v) is 25.9. The molecule has 0 aliphatic heterocycles. The van der Waals surface area contributed by atoms with Crippen molar-refractivity contribution in [2.24, 2.45) is 0 Å². The van der Waals surface area contributed by atoms with Gasteiger partial charge in [0.15, 0.2) is 0 Å². The first-order valence-corrected chi connectivity index (χ1v) is 45.0. The van der Waals surface area contributed by atoms with Crippen molar-refractivity contribution in [2.45, 2.75) is 0 Å². The Morgan fingerprint density at radius 2 is 0.303 bits per heavy atom. The van der Waals surface area contributed by atoms with E-state index in [0.29, 0.717) is 0 Å². The topological polar surface area (TPSA) is 49.1 Å². The number of fused-ring (bicyclic) bond motifs is 21. The molecule has 0 amide bonds. The molecule has 0 unspecified atom stereocenters. The van der Waals surface area contributed by atoms with Crippen LogP contribution in [0.2, 0.25) is 0 Å². The van der Waals surface area contributed by atoms with Gasteiger partial charge in [0.1, 0.15) is 33.5 Å². The van der Waals surface area contributed by atoms with Crippen molar-refractivity contribution in [3.05, 3.63) is 504 Å². The molecule has 0 bridgehead atoms. The van der Waals surface area contributed by atoms with Crippen LogP contribution in [0.15, 0.2) is 517 Å². The highest BCUT2D eigenvalue weighted by Gasteiger charge is 2.23. The molecule has 3 heterocycles. The van der Waals surface area contributed by atoms with Gasteiger partial charge in [-0.05, 0) is 250 Å². The van der Waals surface area contributed by atoms with E-state index in [1.54, 1.807) is 0 Å². The summed E-state index contributed by atoms with van der Waals surface area (Å²) < 4.78 is 19.4. The summed E-state index contributed by atoms with van der Waals surface area (Å²) in [6.07, 6.45) is 0. The van der Waals surface area contributed by atoms with E-state index in [1.807, 2.05) is 30.3 Å². The lowest BCUT2D eigenvalue weighted by atomic mass is 9.98. The molecule has 23 aromatic carbocycles. The van der Waals surface area contributed by atoms with E-state index in [4.69, 9.17) is 13.3 Å². The lowest BCUT2D eigenvalue weighted by Gasteiger charge is -2.26. The lowest BCUT2D eigenvalue weighted by molar-refractivity contribution is 0.672. The molecule has 26 aromatic rings. The van der Waals surface area contributed by atoms with Crippen LogP contribution in [-0.2, 0) is 0 Å². The number of nitrogens with zero attached hydrogens (tertiary/aromatic N) is 3. The number of hydrogen-bond acceptors (Lipinski definition) is 6. The summed E-state index contributed by atoms with van der Waals surface area (Å²) in [6.45, 7) is 0. The predicted molar refractivity (Wildman–Crippen MR) is 557 cm³/mol. The number of furan rings is 3. The Kier molecular flexibility index (Phi) is 19.9. The molecule has 0 saturated carbocycles. The minimum absolute atomic E-state index is 0.919. The van der Waals surface area contributed by atoms with Gasteiger partial charge in [-0.1, -0.05) is 358 Å². The number of anilines is 9. The third kappa shape index (κ3) is 14.5. The molecule has 6 nitrogen and oxygen atoms in total. The van der Waals surface area contributed by atoms with Crippen molar-refractivity contribution in [3.8, 4) is 55.6 Å². The van der Waals surface area contributed by atoms with Crippen LogP contribution in [0.5, 0.6) is 0 Å². The zero-order valence-electron chi connectivity index (χ0n) is 72.0. The van der Waals surface area contributed by atoms with Crippen LogP contribution in [0, 0.1) is 0 Å². The van der Waals surface area contributed by atoms with Gasteiger partial charge < -0.3 is 28.0 Å². The molecule has 0 fully saturated rings. The van der Waals surface area contributed by atoms with Gasteiger partial charge in [0.25, 0.3) is 0 Å². The van der Waals surface area contributed by atoms with Crippen LogP contribution in [0.25, 0.3) is 186 Å². The molecular weight excluding hydrogens is 1600 g/mol. The number of hydrogen-bond donors (Lipinski definition) is 0. The molecule has 0 atom stereocenters. The molecule has 0 radical (unpaired) electrons. The lowest BCUT2D eigenvalue weighted by Crippen LogP contribution is -2.09. The summed E-state index contributed by atoms with van der Waals surface area (Å²) in [5.41, 5.74) is 27.7. The fourth-order valence-electron chi connectivity index (χ4n) is 19.5. The van der Waals surface area contributed by atoms with Gasteiger partial charge in [-0.3, -0.25) is 0 Å². The minimum atomic E-state index is 0.919. The van der Waals surface area contributed by atoms with E-state index in [1.165, 1.54) is 104 Å². The highest BCUT2D eigenvalue weighted by atomic mass is 16.3. The monoisotopic (exact) mass is 1690 g/mol.